The number of hydrogen-bond acceptors (Lipinski definition) is 6. The molecule has 0 saturated carbocycles. The van der Waals surface area contributed by atoms with E-state index in [1.807, 2.05) is 47.5 Å². The van der Waals surface area contributed by atoms with Gasteiger partial charge in [-0.25, -0.2) is 9.80 Å². The van der Waals surface area contributed by atoms with E-state index in [1.54, 1.807) is 12.1 Å². The van der Waals surface area contributed by atoms with Gasteiger partial charge in [0.2, 0.25) is 6.23 Å². The SMILES string of the molecule is COc1ccc([C@H]2Oc3ccccc3[C@H]3CC(c4ccc(-c5ccccc5)cc4)=NN32)c(C(=O)O)c1OC. The monoisotopic (exact) mass is 506 g/mol. The molecule has 0 spiro atoms. The molecule has 0 aromatic heterocycles. The summed E-state index contributed by atoms with van der Waals surface area (Å²) in [5, 5.41) is 17.0. The van der Waals surface area contributed by atoms with Gasteiger partial charge < -0.3 is 19.3 Å². The van der Waals surface area contributed by atoms with E-state index in [4.69, 9.17) is 19.3 Å². The van der Waals surface area contributed by atoms with Crippen LogP contribution in [0.4, 0.5) is 0 Å². The first-order valence-electron chi connectivity index (χ1n) is 12.3. The van der Waals surface area contributed by atoms with E-state index in [-0.39, 0.29) is 17.4 Å². The topological polar surface area (TPSA) is 80.6 Å². The number of carboxylic acid groups (broad SMARTS) is 1. The molecule has 4 aromatic rings. The third kappa shape index (κ3) is 3.93. The van der Waals surface area contributed by atoms with Crippen molar-refractivity contribution in [2.75, 3.05) is 14.2 Å². The molecule has 2 atom stereocenters. The fourth-order valence-electron chi connectivity index (χ4n) is 5.27. The molecule has 2 aliphatic rings. The number of ether oxygens (including phenoxy) is 3. The highest BCUT2D eigenvalue weighted by atomic mass is 16.5. The first-order chi connectivity index (χ1) is 18.6. The average Bonchev–Trinajstić information content (AvgIpc) is 3.42. The molecule has 1 N–H and O–H groups in total. The number of carbonyl (C=O) groups is 1. The summed E-state index contributed by atoms with van der Waals surface area (Å²) in [4.78, 5) is 12.4. The fourth-order valence-corrected chi connectivity index (χ4v) is 5.27. The fraction of sp³-hybridized carbons (Fsp3) is 0.161. The van der Waals surface area contributed by atoms with Gasteiger partial charge in [-0.15, -0.1) is 0 Å². The number of fused-ring (bicyclic) bond motifs is 3. The van der Waals surface area contributed by atoms with Crippen LogP contribution in [0.5, 0.6) is 17.2 Å². The van der Waals surface area contributed by atoms with Crippen LogP contribution in [0.1, 0.15) is 45.7 Å². The molecule has 6 rings (SSSR count). The lowest BCUT2D eigenvalue weighted by Gasteiger charge is -2.38. The highest BCUT2D eigenvalue weighted by Gasteiger charge is 2.43. The number of hydrazone groups is 1. The predicted octanol–water partition coefficient (Wildman–Crippen LogP) is 6.31. The lowest BCUT2D eigenvalue weighted by Crippen LogP contribution is -2.34. The minimum Gasteiger partial charge on any atom is -0.493 e. The number of aromatic carboxylic acids is 1. The summed E-state index contributed by atoms with van der Waals surface area (Å²) in [5.41, 5.74) is 5.67. The molecule has 0 unspecified atom stereocenters. The number of hydrogen-bond donors (Lipinski definition) is 1. The van der Waals surface area contributed by atoms with Gasteiger partial charge in [-0.3, -0.25) is 0 Å². The Morgan fingerprint density at radius 3 is 2.24 bits per heavy atom. The second-order valence-corrected chi connectivity index (χ2v) is 9.17. The summed E-state index contributed by atoms with van der Waals surface area (Å²) in [6.45, 7) is 0. The van der Waals surface area contributed by atoms with Crippen LogP contribution in [0.3, 0.4) is 0 Å². The molecule has 0 radical (unpaired) electrons. The molecule has 38 heavy (non-hydrogen) atoms. The van der Waals surface area contributed by atoms with E-state index < -0.39 is 12.2 Å². The Bertz CT molecular complexity index is 1530. The van der Waals surface area contributed by atoms with Crippen molar-refractivity contribution in [3.05, 3.63) is 113 Å². The molecule has 7 heteroatoms. The number of benzene rings is 4. The zero-order valence-electron chi connectivity index (χ0n) is 21.0. The highest BCUT2D eigenvalue weighted by Crippen LogP contribution is 2.49. The van der Waals surface area contributed by atoms with Gasteiger partial charge in [-0.05, 0) is 34.9 Å². The summed E-state index contributed by atoms with van der Waals surface area (Å²) in [5.74, 6) is 0.0670. The molecule has 2 heterocycles. The smallest absolute Gasteiger partial charge is 0.340 e. The lowest BCUT2D eigenvalue weighted by atomic mass is 9.94. The van der Waals surface area contributed by atoms with Crippen molar-refractivity contribution in [3.63, 3.8) is 0 Å². The van der Waals surface area contributed by atoms with Gasteiger partial charge in [0.15, 0.2) is 11.5 Å². The standard InChI is InChI=1S/C31H26N2O5/c1-36-27-17-16-23(28(31(34)35)29(27)37-2)30-33-25(22-10-6-7-11-26(22)38-30)18-24(32-33)21-14-12-20(13-15-21)19-8-4-3-5-9-19/h3-17,25,30H,18H2,1-2H3,(H,34,35)/t25-,30-/m1/s1. The van der Waals surface area contributed by atoms with Crippen LogP contribution >= 0.6 is 0 Å². The largest absolute Gasteiger partial charge is 0.493 e. The van der Waals surface area contributed by atoms with E-state index in [1.165, 1.54) is 14.2 Å². The molecule has 0 bridgehead atoms. The molecule has 7 nitrogen and oxygen atoms in total. The van der Waals surface area contributed by atoms with Crippen molar-refractivity contribution in [1.29, 1.82) is 0 Å². The summed E-state index contributed by atoms with van der Waals surface area (Å²) in [6, 6.07) is 29.7. The molecule has 0 amide bonds. The normalized spacial score (nSPS) is 17.6. The van der Waals surface area contributed by atoms with E-state index in [0.29, 0.717) is 23.5 Å². The maximum absolute atomic E-state index is 12.4. The van der Waals surface area contributed by atoms with Crippen LogP contribution in [0.2, 0.25) is 0 Å². The van der Waals surface area contributed by atoms with Crippen molar-refractivity contribution in [2.24, 2.45) is 5.10 Å². The molecule has 2 aliphatic heterocycles. The quantitative estimate of drug-likeness (QED) is 0.330. The van der Waals surface area contributed by atoms with Gasteiger partial charge in [-0.2, -0.15) is 5.10 Å². The molecule has 190 valence electrons. The molecule has 4 aromatic carbocycles. The molecular weight excluding hydrogens is 480 g/mol. The second kappa shape index (κ2) is 9.59. The minimum absolute atomic E-state index is 0.00848. The van der Waals surface area contributed by atoms with Crippen LogP contribution < -0.4 is 14.2 Å². The van der Waals surface area contributed by atoms with Crippen molar-refractivity contribution in [1.82, 2.24) is 5.01 Å². The predicted molar refractivity (Wildman–Crippen MR) is 144 cm³/mol. The van der Waals surface area contributed by atoms with E-state index in [2.05, 4.69) is 36.4 Å². The zero-order valence-corrected chi connectivity index (χ0v) is 21.0. The number of carboxylic acids is 1. The Hall–Kier alpha value is -4.78. The Kier molecular flexibility index (Phi) is 5.96. The van der Waals surface area contributed by atoms with Crippen molar-refractivity contribution >= 4 is 11.7 Å². The lowest BCUT2D eigenvalue weighted by molar-refractivity contribution is -0.0199. The van der Waals surface area contributed by atoms with E-state index >= 15 is 0 Å². The third-order valence-electron chi connectivity index (χ3n) is 7.08. The summed E-state index contributed by atoms with van der Waals surface area (Å²) in [6.07, 6.45) is -0.0982. The number of rotatable bonds is 6. The van der Waals surface area contributed by atoms with Gasteiger partial charge in [0.05, 0.1) is 26.0 Å². The first kappa shape index (κ1) is 23.6. The van der Waals surface area contributed by atoms with Crippen molar-refractivity contribution < 1.29 is 24.1 Å². The van der Waals surface area contributed by atoms with Gasteiger partial charge in [-0.1, -0.05) is 72.8 Å². The van der Waals surface area contributed by atoms with Gasteiger partial charge in [0.1, 0.15) is 11.3 Å². The Morgan fingerprint density at radius 2 is 1.53 bits per heavy atom. The van der Waals surface area contributed by atoms with E-state index in [0.717, 1.165) is 28.0 Å². The Balaban J connectivity index is 1.43. The van der Waals surface area contributed by atoms with Crippen LogP contribution in [-0.2, 0) is 0 Å². The Morgan fingerprint density at radius 1 is 0.842 bits per heavy atom. The van der Waals surface area contributed by atoms with Gasteiger partial charge >= 0.3 is 5.97 Å². The number of methoxy groups -OCH3 is 2. The van der Waals surface area contributed by atoms with Crippen molar-refractivity contribution in [2.45, 2.75) is 18.7 Å². The highest BCUT2D eigenvalue weighted by molar-refractivity contribution is 6.02. The first-order valence-corrected chi connectivity index (χ1v) is 12.3. The Labute approximate surface area is 220 Å². The van der Waals surface area contributed by atoms with Crippen LogP contribution in [-0.4, -0.2) is 36.0 Å². The molecule has 0 aliphatic carbocycles. The third-order valence-corrected chi connectivity index (χ3v) is 7.08. The zero-order chi connectivity index (χ0) is 26.2. The molecule has 0 saturated heterocycles. The minimum atomic E-state index is -1.13. The summed E-state index contributed by atoms with van der Waals surface area (Å²) in [7, 11) is 2.91. The average molecular weight is 507 g/mol. The summed E-state index contributed by atoms with van der Waals surface area (Å²) >= 11 is 0. The maximum Gasteiger partial charge on any atom is 0.340 e. The van der Waals surface area contributed by atoms with Crippen LogP contribution in [0.15, 0.2) is 96.1 Å². The van der Waals surface area contributed by atoms with Crippen LogP contribution in [0.25, 0.3) is 11.1 Å². The van der Waals surface area contributed by atoms with E-state index in [9.17, 15) is 9.90 Å². The van der Waals surface area contributed by atoms with Crippen LogP contribution in [0, 0.1) is 0 Å². The number of nitrogens with zero attached hydrogens (tertiary/aromatic N) is 2. The number of para-hydroxylation sites is 1. The van der Waals surface area contributed by atoms with Gasteiger partial charge in [0, 0.05) is 17.5 Å². The van der Waals surface area contributed by atoms with Crippen molar-refractivity contribution in [3.8, 4) is 28.4 Å². The summed E-state index contributed by atoms with van der Waals surface area (Å²) < 4.78 is 17.2. The molecule has 0 fully saturated rings. The maximum atomic E-state index is 12.4. The van der Waals surface area contributed by atoms with Gasteiger partial charge in [0.25, 0.3) is 0 Å². The molecular formula is C31H26N2O5. The second-order valence-electron chi connectivity index (χ2n) is 9.17.